The molecule has 0 amide bonds. The third kappa shape index (κ3) is 2.45. The number of aromatic nitrogens is 3. The second-order valence-corrected chi connectivity index (χ2v) is 4.82. The van der Waals surface area contributed by atoms with Gasteiger partial charge >= 0.3 is 5.97 Å². The lowest BCUT2D eigenvalue weighted by Crippen LogP contribution is -2.12. The highest BCUT2D eigenvalue weighted by Crippen LogP contribution is 2.16. The fourth-order valence-electron chi connectivity index (χ4n) is 2.43. The number of aromatic amines is 1. The van der Waals surface area contributed by atoms with E-state index in [0.717, 1.165) is 0 Å². The van der Waals surface area contributed by atoms with Crippen LogP contribution < -0.4 is 5.56 Å². The molecule has 0 saturated carbocycles. The molecular formula is C15H14FN3O3. The zero-order chi connectivity index (χ0) is 15.7. The first kappa shape index (κ1) is 14.2. The number of carbonyl (C=O) groups excluding carboxylic acids is 1. The van der Waals surface area contributed by atoms with Gasteiger partial charge in [0, 0.05) is 6.42 Å². The summed E-state index contributed by atoms with van der Waals surface area (Å²) in [6.07, 6.45) is 1.95. The van der Waals surface area contributed by atoms with E-state index in [1.165, 1.54) is 18.3 Å². The van der Waals surface area contributed by atoms with E-state index in [4.69, 9.17) is 4.74 Å². The molecule has 0 spiro atoms. The van der Waals surface area contributed by atoms with E-state index in [2.05, 4.69) is 9.97 Å². The summed E-state index contributed by atoms with van der Waals surface area (Å²) in [6.45, 7) is 2.06. The minimum atomic E-state index is -0.435. The Morgan fingerprint density at radius 1 is 1.41 bits per heavy atom. The molecule has 0 aliphatic carbocycles. The van der Waals surface area contributed by atoms with E-state index in [1.807, 2.05) is 0 Å². The Morgan fingerprint density at radius 3 is 3.00 bits per heavy atom. The van der Waals surface area contributed by atoms with Gasteiger partial charge in [0.2, 0.25) is 0 Å². The van der Waals surface area contributed by atoms with Crippen LogP contribution in [0.2, 0.25) is 0 Å². The Bertz CT molecular complexity index is 913. The summed E-state index contributed by atoms with van der Waals surface area (Å²) in [5, 5.41) is 0. The van der Waals surface area contributed by atoms with Gasteiger partial charge in [0.05, 0.1) is 30.3 Å². The van der Waals surface area contributed by atoms with Crippen LogP contribution in [0.1, 0.15) is 19.2 Å². The topological polar surface area (TPSA) is 76.5 Å². The van der Waals surface area contributed by atoms with Crippen molar-refractivity contribution in [3.8, 4) is 0 Å². The predicted octanol–water partition coefficient (Wildman–Crippen LogP) is 1.81. The minimum absolute atomic E-state index is 0.169. The summed E-state index contributed by atoms with van der Waals surface area (Å²) in [5.74, 6) is -0.194. The van der Waals surface area contributed by atoms with Crippen LogP contribution >= 0.6 is 0 Å². The van der Waals surface area contributed by atoms with Gasteiger partial charge in [0.25, 0.3) is 5.56 Å². The van der Waals surface area contributed by atoms with Crippen molar-refractivity contribution in [2.24, 2.45) is 0 Å². The average molecular weight is 303 g/mol. The van der Waals surface area contributed by atoms with E-state index in [9.17, 15) is 14.0 Å². The largest absolute Gasteiger partial charge is 0.466 e. The molecule has 1 N–H and O–H groups in total. The van der Waals surface area contributed by atoms with E-state index < -0.39 is 5.82 Å². The summed E-state index contributed by atoms with van der Waals surface area (Å²) in [4.78, 5) is 30.3. The molecular weight excluding hydrogens is 289 g/mol. The molecule has 0 saturated heterocycles. The molecule has 0 atom stereocenters. The number of benzene rings is 1. The minimum Gasteiger partial charge on any atom is -0.466 e. The maximum atomic E-state index is 13.3. The van der Waals surface area contributed by atoms with E-state index in [0.29, 0.717) is 35.4 Å². The van der Waals surface area contributed by atoms with Gasteiger partial charge in [-0.3, -0.25) is 14.0 Å². The van der Waals surface area contributed by atoms with Gasteiger partial charge in [0.1, 0.15) is 17.2 Å². The number of esters is 1. The van der Waals surface area contributed by atoms with Crippen molar-refractivity contribution in [2.45, 2.75) is 19.8 Å². The Hall–Kier alpha value is -2.70. The second-order valence-electron chi connectivity index (χ2n) is 4.82. The van der Waals surface area contributed by atoms with Gasteiger partial charge in [-0.1, -0.05) is 0 Å². The number of aryl methyl sites for hydroxylation is 1. The molecule has 1 aromatic carbocycles. The van der Waals surface area contributed by atoms with Crippen molar-refractivity contribution >= 4 is 22.5 Å². The van der Waals surface area contributed by atoms with Crippen LogP contribution in [0, 0.1) is 5.82 Å². The van der Waals surface area contributed by atoms with Gasteiger partial charge in [-0.25, -0.2) is 9.37 Å². The van der Waals surface area contributed by atoms with Gasteiger partial charge in [0.15, 0.2) is 0 Å². The van der Waals surface area contributed by atoms with Crippen molar-refractivity contribution in [3.05, 3.63) is 46.4 Å². The van der Waals surface area contributed by atoms with Gasteiger partial charge in [-0.15, -0.1) is 0 Å². The van der Waals surface area contributed by atoms with Crippen LogP contribution in [0.3, 0.4) is 0 Å². The van der Waals surface area contributed by atoms with E-state index in [1.54, 1.807) is 17.4 Å². The first-order valence-electron chi connectivity index (χ1n) is 6.93. The summed E-state index contributed by atoms with van der Waals surface area (Å²) in [5.41, 5.74) is 1.02. The molecule has 0 radical (unpaired) electrons. The number of H-pyrrole nitrogens is 1. The molecule has 3 aromatic rings. The Morgan fingerprint density at radius 2 is 2.23 bits per heavy atom. The van der Waals surface area contributed by atoms with Crippen LogP contribution in [-0.4, -0.2) is 26.9 Å². The highest BCUT2D eigenvalue weighted by atomic mass is 19.1. The lowest BCUT2D eigenvalue weighted by Gasteiger charge is -2.06. The van der Waals surface area contributed by atoms with Crippen LogP contribution in [0.5, 0.6) is 0 Å². The van der Waals surface area contributed by atoms with Crippen molar-refractivity contribution in [1.82, 2.24) is 14.4 Å². The monoisotopic (exact) mass is 303 g/mol. The molecule has 22 heavy (non-hydrogen) atoms. The third-order valence-electron chi connectivity index (χ3n) is 3.37. The summed E-state index contributed by atoms with van der Waals surface area (Å²) >= 11 is 0. The fourth-order valence-corrected chi connectivity index (χ4v) is 2.43. The molecule has 6 nitrogen and oxygen atoms in total. The van der Waals surface area contributed by atoms with Gasteiger partial charge < -0.3 is 9.72 Å². The van der Waals surface area contributed by atoms with Crippen LogP contribution in [0.4, 0.5) is 4.39 Å². The van der Waals surface area contributed by atoms with Crippen molar-refractivity contribution < 1.29 is 13.9 Å². The number of carbonyl (C=O) groups is 1. The fraction of sp³-hybridized carbons (Fsp3) is 0.267. The predicted molar refractivity (Wildman–Crippen MR) is 78.2 cm³/mol. The quantitative estimate of drug-likeness (QED) is 0.746. The number of hydrogen-bond donors (Lipinski definition) is 1. The highest BCUT2D eigenvalue weighted by Gasteiger charge is 2.13. The molecule has 0 aliphatic heterocycles. The van der Waals surface area contributed by atoms with Crippen LogP contribution in [0.15, 0.2) is 29.2 Å². The normalized spacial score (nSPS) is 11.2. The molecule has 2 heterocycles. The zero-order valence-electron chi connectivity index (χ0n) is 11.9. The van der Waals surface area contributed by atoms with Gasteiger partial charge in [-0.2, -0.15) is 0 Å². The van der Waals surface area contributed by atoms with Crippen LogP contribution in [-0.2, 0) is 16.0 Å². The van der Waals surface area contributed by atoms with Gasteiger partial charge in [-0.05, 0) is 25.1 Å². The molecule has 2 aromatic heterocycles. The Balaban J connectivity index is 2.10. The Labute approximate surface area is 124 Å². The summed E-state index contributed by atoms with van der Waals surface area (Å²) in [6, 6.07) is 4.14. The SMILES string of the molecule is CCOC(=O)CCc1ncc2c(=O)[nH]c3cc(F)ccc3n12. The number of ether oxygens (including phenoxy) is 1. The number of nitrogens with zero attached hydrogens (tertiary/aromatic N) is 2. The summed E-state index contributed by atoms with van der Waals surface area (Å²) in [7, 11) is 0. The Kier molecular flexibility index (Phi) is 3.62. The van der Waals surface area contributed by atoms with Crippen molar-refractivity contribution in [3.63, 3.8) is 0 Å². The maximum Gasteiger partial charge on any atom is 0.306 e. The summed E-state index contributed by atoms with van der Waals surface area (Å²) < 4.78 is 19.9. The average Bonchev–Trinajstić information content (AvgIpc) is 2.90. The number of hydrogen-bond acceptors (Lipinski definition) is 4. The zero-order valence-corrected chi connectivity index (χ0v) is 11.9. The van der Waals surface area contributed by atoms with Crippen molar-refractivity contribution in [1.29, 1.82) is 0 Å². The lowest BCUT2D eigenvalue weighted by atomic mass is 10.2. The second kappa shape index (κ2) is 5.59. The first-order valence-corrected chi connectivity index (χ1v) is 6.93. The molecule has 7 heteroatoms. The highest BCUT2D eigenvalue weighted by molar-refractivity contribution is 5.78. The number of imidazole rings is 1. The molecule has 114 valence electrons. The number of halogens is 1. The first-order chi connectivity index (χ1) is 10.6. The van der Waals surface area contributed by atoms with E-state index >= 15 is 0 Å². The number of fused-ring (bicyclic) bond motifs is 3. The standard InChI is InChI=1S/C15H14FN3O3/c1-2-22-14(20)6-5-13-17-8-12-15(21)18-10-7-9(16)3-4-11(10)19(12)13/h3-4,7-8H,2,5-6H2,1H3,(H,18,21). The number of nitrogens with one attached hydrogen (secondary N) is 1. The maximum absolute atomic E-state index is 13.3. The smallest absolute Gasteiger partial charge is 0.306 e. The molecule has 0 unspecified atom stereocenters. The number of rotatable bonds is 4. The third-order valence-corrected chi connectivity index (χ3v) is 3.37. The van der Waals surface area contributed by atoms with E-state index in [-0.39, 0.29) is 17.9 Å². The molecule has 3 rings (SSSR count). The van der Waals surface area contributed by atoms with Crippen molar-refractivity contribution in [2.75, 3.05) is 6.61 Å². The van der Waals surface area contributed by atoms with Crippen LogP contribution in [0.25, 0.3) is 16.6 Å². The molecule has 0 fully saturated rings. The molecule has 0 aliphatic rings. The lowest BCUT2D eigenvalue weighted by molar-refractivity contribution is -0.143. The molecule has 0 bridgehead atoms.